The zero-order valence-corrected chi connectivity index (χ0v) is 21.8. The molecule has 2 heterocycles. The predicted molar refractivity (Wildman–Crippen MR) is 138 cm³/mol. The van der Waals surface area contributed by atoms with Crippen LogP contribution in [0, 0.1) is 0 Å². The topological polar surface area (TPSA) is 150 Å². The molecule has 9 nitrogen and oxygen atoms in total. The van der Waals surface area contributed by atoms with E-state index in [0.29, 0.717) is 11.5 Å². The normalized spacial score (nSPS) is 14.6. The number of aromatic nitrogens is 2. The number of benzene rings is 1. The summed E-state index contributed by atoms with van der Waals surface area (Å²) in [6.45, 7) is 10.1. The zero-order valence-electron chi connectivity index (χ0n) is 21.8. The van der Waals surface area contributed by atoms with Gasteiger partial charge in [0.1, 0.15) is 5.82 Å². The second-order valence-corrected chi connectivity index (χ2v) is 8.83. The van der Waals surface area contributed by atoms with Crippen LogP contribution in [0.15, 0.2) is 60.4 Å². The fourth-order valence-corrected chi connectivity index (χ4v) is 4.11. The van der Waals surface area contributed by atoms with Gasteiger partial charge < -0.3 is 20.9 Å². The summed E-state index contributed by atoms with van der Waals surface area (Å²) in [6.07, 6.45) is -1.85. The summed E-state index contributed by atoms with van der Waals surface area (Å²) in [5.74, 6) is -4.95. The summed E-state index contributed by atoms with van der Waals surface area (Å²) < 4.78 is 63.5. The van der Waals surface area contributed by atoms with Crippen LogP contribution in [0.3, 0.4) is 0 Å². The summed E-state index contributed by atoms with van der Waals surface area (Å²) in [5.41, 5.74) is 8.28. The average molecular weight is 593 g/mol. The molecule has 5 N–H and O–H groups in total. The number of aliphatic carboxylic acids is 2. The van der Waals surface area contributed by atoms with Gasteiger partial charge in [0, 0.05) is 30.3 Å². The minimum absolute atomic E-state index is 0.117. The van der Waals surface area contributed by atoms with Crippen molar-refractivity contribution < 1.29 is 46.1 Å². The van der Waals surface area contributed by atoms with Crippen LogP contribution >= 0.6 is 0 Å². The zero-order chi connectivity index (χ0) is 31.4. The van der Waals surface area contributed by atoms with Crippen LogP contribution in [-0.2, 0) is 22.7 Å². The standard InChI is InChI=1S/C22H28N4O.2C2HF3O2/c1-3-9-22(10-4-2)11-6-12-26(22)16-17-7-5-8-18(13-17)21-24-19(15-23)14-20(27)25-21;2*3-2(4,5)1(6)7/h3-5,7-8,13-14H,1-2,6,9-12,15-16,23H2,(H,24,25,27);2*(H,6,7). The highest BCUT2D eigenvalue weighted by molar-refractivity contribution is 5.73. The van der Waals surface area contributed by atoms with Crippen LogP contribution < -0.4 is 11.3 Å². The van der Waals surface area contributed by atoms with Crippen LogP contribution in [0.2, 0.25) is 0 Å². The number of H-pyrrole nitrogens is 1. The van der Waals surface area contributed by atoms with Gasteiger partial charge in [0.15, 0.2) is 0 Å². The van der Waals surface area contributed by atoms with Gasteiger partial charge >= 0.3 is 24.3 Å². The number of alkyl halides is 6. The lowest BCUT2D eigenvalue weighted by Gasteiger charge is -2.37. The van der Waals surface area contributed by atoms with Crippen molar-refractivity contribution >= 4 is 11.9 Å². The van der Waals surface area contributed by atoms with Crippen LogP contribution in [0.1, 0.15) is 36.9 Å². The maximum atomic E-state index is 11.9. The minimum Gasteiger partial charge on any atom is -0.475 e. The van der Waals surface area contributed by atoms with E-state index in [0.717, 1.165) is 37.9 Å². The molecule has 3 rings (SSSR count). The van der Waals surface area contributed by atoms with Gasteiger partial charge in [0.25, 0.3) is 5.56 Å². The van der Waals surface area contributed by atoms with E-state index in [1.165, 1.54) is 18.1 Å². The summed E-state index contributed by atoms with van der Waals surface area (Å²) in [7, 11) is 0. The highest BCUT2D eigenvalue weighted by Crippen LogP contribution is 2.37. The third-order valence-corrected chi connectivity index (χ3v) is 5.85. The maximum absolute atomic E-state index is 11.9. The largest absolute Gasteiger partial charge is 0.490 e. The molecule has 2 aromatic rings. The molecule has 226 valence electrons. The van der Waals surface area contributed by atoms with Crippen molar-refractivity contribution in [2.75, 3.05) is 6.54 Å². The second-order valence-electron chi connectivity index (χ2n) is 8.83. The number of nitrogens with one attached hydrogen (secondary N) is 1. The Morgan fingerprint density at radius 2 is 1.59 bits per heavy atom. The number of hydrogen-bond acceptors (Lipinski definition) is 6. The summed E-state index contributed by atoms with van der Waals surface area (Å²) >= 11 is 0. The van der Waals surface area contributed by atoms with E-state index in [1.807, 2.05) is 24.3 Å². The first kappa shape index (κ1) is 35.0. The van der Waals surface area contributed by atoms with Gasteiger partial charge in [-0.1, -0.05) is 30.4 Å². The average Bonchev–Trinajstić information content (AvgIpc) is 3.25. The number of likely N-dealkylation sites (tertiary alicyclic amines) is 1. The number of carbonyl (C=O) groups is 2. The van der Waals surface area contributed by atoms with Crippen LogP contribution in [0.5, 0.6) is 0 Å². The quantitative estimate of drug-likeness (QED) is 0.256. The molecule has 0 aliphatic carbocycles. The lowest BCUT2D eigenvalue weighted by atomic mass is 9.88. The molecular weight excluding hydrogens is 562 g/mol. The van der Waals surface area contributed by atoms with Crippen molar-refractivity contribution in [3.63, 3.8) is 0 Å². The molecule has 0 amide bonds. The Balaban J connectivity index is 0.000000497. The molecule has 1 aliphatic rings. The Bertz CT molecular complexity index is 1230. The van der Waals surface area contributed by atoms with Crippen molar-refractivity contribution in [1.29, 1.82) is 0 Å². The van der Waals surface area contributed by atoms with Gasteiger partial charge in [-0.25, -0.2) is 14.6 Å². The van der Waals surface area contributed by atoms with E-state index in [1.54, 1.807) is 0 Å². The first-order valence-corrected chi connectivity index (χ1v) is 12.0. The predicted octanol–water partition coefficient (Wildman–Crippen LogP) is 4.65. The summed E-state index contributed by atoms with van der Waals surface area (Å²) in [4.78, 5) is 39.5. The Labute approximate surface area is 231 Å². The molecule has 1 aromatic heterocycles. The lowest BCUT2D eigenvalue weighted by Crippen LogP contribution is -2.42. The molecule has 0 spiro atoms. The van der Waals surface area contributed by atoms with Gasteiger partial charge in [0.05, 0.1) is 5.69 Å². The molecule has 0 bridgehead atoms. The maximum Gasteiger partial charge on any atom is 0.490 e. The fraction of sp³-hybridized carbons (Fsp3) is 0.385. The van der Waals surface area contributed by atoms with Crippen molar-refractivity contribution in [1.82, 2.24) is 14.9 Å². The van der Waals surface area contributed by atoms with Gasteiger partial charge in [-0.05, 0) is 43.9 Å². The van der Waals surface area contributed by atoms with Gasteiger partial charge in [-0.2, -0.15) is 26.3 Å². The molecule has 1 saturated heterocycles. The number of carboxylic acids is 2. The molecule has 1 aromatic carbocycles. The van der Waals surface area contributed by atoms with E-state index < -0.39 is 24.3 Å². The summed E-state index contributed by atoms with van der Waals surface area (Å²) in [5, 5.41) is 14.2. The van der Waals surface area contributed by atoms with E-state index in [4.69, 9.17) is 25.5 Å². The molecule has 0 saturated carbocycles. The van der Waals surface area contributed by atoms with Crippen molar-refractivity contribution in [3.05, 3.63) is 77.3 Å². The molecule has 0 radical (unpaired) electrons. The fourth-order valence-electron chi connectivity index (χ4n) is 4.11. The van der Waals surface area contributed by atoms with E-state index in [9.17, 15) is 31.1 Å². The molecule has 0 atom stereocenters. The number of aromatic amines is 1. The molecular formula is C26H30F6N4O5. The number of rotatable bonds is 8. The van der Waals surface area contributed by atoms with E-state index in [2.05, 4.69) is 40.2 Å². The van der Waals surface area contributed by atoms with Gasteiger partial charge in [-0.3, -0.25) is 9.69 Å². The van der Waals surface area contributed by atoms with Gasteiger partial charge in [0.2, 0.25) is 0 Å². The van der Waals surface area contributed by atoms with Crippen molar-refractivity contribution in [3.8, 4) is 11.4 Å². The molecule has 0 unspecified atom stereocenters. The number of hydrogen-bond donors (Lipinski definition) is 4. The summed E-state index contributed by atoms with van der Waals surface area (Å²) in [6, 6.07) is 9.64. The Hall–Kier alpha value is -3.98. The first-order chi connectivity index (χ1) is 19.0. The van der Waals surface area contributed by atoms with Crippen LogP contribution in [-0.4, -0.2) is 61.5 Å². The van der Waals surface area contributed by atoms with E-state index >= 15 is 0 Å². The second kappa shape index (κ2) is 15.1. The van der Waals surface area contributed by atoms with Crippen LogP contribution in [0.4, 0.5) is 26.3 Å². The third-order valence-electron chi connectivity index (χ3n) is 5.85. The minimum atomic E-state index is -5.08. The molecule has 1 fully saturated rings. The molecule has 1 aliphatic heterocycles. The SMILES string of the molecule is C=CCC1(CC=C)CCCN1Cc1cccc(-c2nc(CN)cc(=O)[nH]2)c1.O=C(O)C(F)(F)F.O=C(O)C(F)(F)F. The molecule has 41 heavy (non-hydrogen) atoms. The first-order valence-electron chi connectivity index (χ1n) is 12.0. The smallest absolute Gasteiger partial charge is 0.475 e. The Kier molecular flexibility index (Phi) is 12.9. The van der Waals surface area contributed by atoms with Gasteiger partial charge in [-0.15, -0.1) is 13.2 Å². The Morgan fingerprint density at radius 1 is 1.05 bits per heavy atom. The number of nitrogens with two attached hydrogens (primary N) is 1. The van der Waals surface area contributed by atoms with Crippen molar-refractivity contribution in [2.45, 2.75) is 56.7 Å². The molecule has 15 heteroatoms. The third kappa shape index (κ3) is 11.2. The lowest BCUT2D eigenvalue weighted by molar-refractivity contribution is -0.193. The van der Waals surface area contributed by atoms with Crippen LogP contribution in [0.25, 0.3) is 11.4 Å². The number of carboxylic acid groups (broad SMARTS) is 2. The Morgan fingerprint density at radius 3 is 2.05 bits per heavy atom. The number of nitrogens with zero attached hydrogens (tertiary/aromatic N) is 2. The number of halogens is 6. The monoisotopic (exact) mass is 592 g/mol. The van der Waals surface area contributed by atoms with E-state index in [-0.39, 0.29) is 17.6 Å². The highest BCUT2D eigenvalue weighted by Gasteiger charge is 2.39. The van der Waals surface area contributed by atoms with Crippen molar-refractivity contribution in [2.24, 2.45) is 5.73 Å². The highest BCUT2D eigenvalue weighted by atomic mass is 19.4.